The topological polar surface area (TPSA) is 91.3 Å². The number of rotatable bonds is 3. The Bertz CT molecular complexity index is 487. The number of urea groups is 1. The summed E-state index contributed by atoms with van der Waals surface area (Å²) in [5.74, 6) is -1.13. The van der Waals surface area contributed by atoms with E-state index < -0.39 is 5.97 Å². The van der Waals surface area contributed by atoms with Crippen LogP contribution in [0, 0.1) is 12.8 Å². The quantitative estimate of drug-likeness (QED) is 0.789. The van der Waals surface area contributed by atoms with E-state index in [1.165, 1.54) is 0 Å². The van der Waals surface area contributed by atoms with Crippen LogP contribution in [0.5, 0.6) is 0 Å². The zero-order valence-electron chi connectivity index (χ0n) is 11.4. The molecule has 2 rings (SSSR count). The number of carbonyl (C=O) groups excluding carboxylic acids is 1. The first-order valence-corrected chi connectivity index (χ1v) is 6.77. The van der Waals surface area contributed by atoms with Crippen molar-refractivity contribution in [1.82, 2.24) is 10.3 Å². The van der Waals surface area contributed by atoms with Gasteiger partial charge in [0.2, 0.25) is 0 Å². The van der Waals surface area contributed by atoms with Gasteiger partial charge in [-0.2, -0.15) is 0 Å². The van der Waals surface area contributed by atoms with E-state index in [4.69, 9.17) is 5.11 Å². The number of aryl methyl sites for hydroxylation is 1. The van der Waals surface area contributed by atoms with Crippen LogP contribution in [0.4, 0.5) is 10.5 Å². The first kappa shape index (κ1) is 14.3. The number of anilines is 1. The van der Waals surface area contributed by atoms with Crippen molar-refractivity contribution in [2.24, 2.45) is 5.92 Å². The van der Waals surface area contributed by atoms with Crippen LogP contribution in [-0.2, 0) is 4.79 Å². The molecule has 0 aliphatic heterocycles. The average molecular weight is 277 g/mol. The number of carbonyl (C=O) groups is 2. The van der Waals surface area contributed by atoms with Crippen LogP contribution >= 0.6 is 0 Å². The zero-order chi connectivity index (χ0) is 14.5. The van der Waals surface area contributed by atoms with Gasteiger partial charge in [-0.15, -0.1) is 0 Å². The standard InChI is InChI=1S/C14H19N3O3/c1-9-5-6-12(8-15-9)17-14(20)16-11-4-2-3-10(7-11)13(18)19/h5-6,8,10-11H,2-4,7H2,1H3,(H,18,19)(H2,16,17,20). The minimum Gasteiger partial charge on any atom is -0.481 e. The first-order valence-electron chi connectivity index (χ1n) is 6.77. The molecule has 6 nitrogen and oxygen atoms in total. The van der Waals surface area contributed by atoms with Gasteiger partial charge >= 0.3 is 12.0 Å². The minimum absolute atomic E-state index is 0.0803. The Balaban J connectivity index is 1.85. The van der Waals surface area contributed by atoms with Crippen molar-refractivity contribution in [2.45, 2.75) is 38.6 Å². The van der Waals surface area contributed by atoms with Crippen LogP contribution in [0.2, 0.25) is 0 Å². The fourth-order valence-corrected chi connectivity index (χ4v) is 2.44. The Hall–Kier alpha value is -2.11. The SMILES string of the molecule is Cc1ccc(NC(=O)NC2CCCC(C(=O)O)C2)cn1. The van der Waals surface area contributed by atoms with Crippen molar-refractivity contribution in [2.75, 3.05) is 5.32 Å². The maximum atomic E-state index is 11.8. The normalized spacial score (nSPS) is 22.1. The lowest BCUT2D eigenvalue weighted by Crippen LogP contribution is -2.42. The lowest BCUT2D eigenvalue weighted by molar-refractivity contribution is -0.143. The van der Waals surface area contributed by atoms with E-state index in [1.807, 2.05) is 13.0 Å². The minimum atomic E-state index is -0.778. The van der Waals surface area contributed by atoms with Gasteiger partial charge in [0.1, 0.15) is 0 Å². The van der Waals surface area contributed by atoms with Crippen LogP contribution in [0.15, 0.2) is 18.3 Å². The molecule has 1 aliphatic carbocycles. The van der Waals surface area contributed by atoms with Crippen molar-refractivity contribution in [3.63, 3.8) is 0 Å². The van der Waals surface area contributed by atoms with Gasteiger partial charge in [-0.05, 0) is 38.3 Å². The number of carboxylic acid groups (broad SMARTS) is 1. The summed E-state index contributed by atoms with van der Waals surface area (Å²) in [4.78, 5) is 26.9. The molecule has 2 unspecified atom stereocenters. The van der Waals surface area contributed by atoms with Gasteiger partial charge in [-0.25, -0.2) is 4.79 Å². The van der Waals surface area contributed by atoms with Crippen LogP contribution < -0.4 is 10.6 Å². The number of carboxylic acids is 1. The molecule has 0 radical (unpaired) electrons. The van der Waals surface area contributed by atoms with Crippen LogP contribution in [0.25, 0.3) is 0 Å². The van der Waals surface area contributed by atoms with Crippen LogP contribution in [0.3, 0.4) is 0 Å². The fraction of sp³-hybridized carbons (Fsp3) is 0.500. The Morgan fingerprint density at radius 2 is 2.15 bits per heavy atom. The largest absolute Gasteiger partial charge is 0.481 e. The summed E-state index contributed by atoms with van der Waals surface area (Å²) < 4.78 is 0. The van der Waals surface area contributed by atoms with Gasteiger partial charge in [-0.1, -0.05) is 6.42 Å². The maximum Gasteiger partial charge on any atom is 0.319 e. The molecular weight excluding hydrogens is 258 g/mol. The second-order valence-electron chi connectivity index (χ2n) is 5.19. The Labute approximate surface area is 117 Å². The zero-order valence-corrected chi connectivity index (χ0v) is 11.4. The van der Waals surface area contributed by atoms with Gasteiger partial charge in [0, 0.05) is 11.7 Å². The van der Waals surface area contributed by atoms with E-state index >= 15 is 0 Å². The highest BCUT2D eigenvalue weighted by Crippen LogP contribution is 2.24. The Morgan fingerprint density at radius 1 is 1.35 bits per heavy atom. The van der Waals surface area contributed by atoms with Crippen molar-refractivity contribution in [1.29, 1.82) is 0 Å². The smallest absolute Gasteiger partial charge is 0.319 e. The summed E-state index contributed by atoms with van der Waals surface area (Å²) in [6.07, 6.45) is 4.43. The van der Waals surface area contributed by atoms with Gasteiger partial charge in [0.15, 0.2) is 0 Å². The van der Waals surface area contributed by atoms with E-state index in [2.05, 4.69) is 15.6 Å². The highest BCUT2D eigenvalue weighted by molar-refractivity contribution is 5.89. The summed E-state index contributed by atoms with van der Waals surface area (Å²) in [5.41, 5.74) is 1.51. The van der Waals surface area contributed by atoms with E-state index in [0.29, 0.717) is 18.5 Å². The maximum absolute atomic E-state index is 11.8. The van der Waals surface area contributed by atoms with E-state index in [0.717, 1.165) is 18.5 Å². The third-order valence-corrected chi connectivity index (χ3v) is 3.53. The molecule has 3 N–H and O–H groups in total. The molecule has 2 amide bonds. The number of aliphatic carboxylic acids is 1. The number of aromatic nitrogens is 1. The van der Waals surface area contributed by atoms with Gasteiger partial charge in [0.25, 0.3) is 0 Å². The molecule has 0 aromatic carbocycles. The lowest BCUT2D eigenvalue weighted by Gasteiger charge is -2.27. The summed E-state index contributed by atoms with van der Waals surface area (Å²) >= 11 is 0. The lowest BCUT2D eigenvalue weighted by atomic mass is 9.86. The summed E-state index contributed by atoms with van der Waals surface area (Å²) in [6, 6.07) is 3.20. The van der Waals surface area contributed by atoms with E-state index in [9.17, 15) is 9.59 Å². The van der Waals surface area contributed by atoms with Crippen LogP contribution in [-0.4, -0.2) is 28.1 Å². The van der Waals surface area contributed by atoms with Gasteiger partial charge in [0.05, 0.1) is 17.8 Å². The molecule has 1 aromatic rings. The summed E-state index contributed by atoms with van der Waals surface area (Å²) in [7, 11) is 0. The molecule has 1 saturated carbocycles. The Kier molecular flexibility index (Phi) is 4.55. The predicted molar refractivity (Wildman–Crippen MR) is 74.5 cm³/mol. The Morgan fingerprint density at radius 3 is 2.80 bits per heavy atom. The van der Waals surface area contributed by atoms with Crippen molar-refractivity contribution < 1.29 is 14.7 Å². The van der Waals surface area contributed by atoms with Crippen molar-refractivity contribution >= 4 is 17.7 Å². The molecule has 1 fully saturated rings. The predicted octanol–water partition coefficient (Wildman–Crippen LogP) is 2.15. The molecule has 1 heterocycles. The number of pyridine rings is 1. The van der Waals surface area contributed by atoms with Gasteiger partial charge < -0.3 is 15.7 Å². The number of amides is 2. The molecule has 1 aromatic heterocycles. The van der Waals surface area contributed by atoms with Crippen molar-refractivity contribution in [3.8, 4) is 0 Å². The summed E-state index contributed by atoms with van der Waals surface area (Å²) in [6.45, 7) is 1.87. The molecule has 2 atom stereocenters. The van der Waals surface area contributed by atoms with E-state index in [1.54, 1.807) is 12.3 Å². The third kappa shape index (κ3) is 3.94. The second-order valence-corrected chi connectivity index (χ2v) is 5.19. The fourth-order valence-electron chi connectivity index (χ4n) is 2.44. The molecule has 0 bridgehead atoms. The molecule has 0 spiro atoms. The third-order valence-electron chi connectivity index (χ3n) is 3.53. The van der Waals surface area contributed by atoms with E-state index in [-0.39, 0.29) is 18.0 Å². The monoisotopic (exact) mass is 277 g/mol. The molecular formula is C14H19N3O3. The van der Waals surface area contributed by atoms with Gasteiger partial charge in [-0.3, -0.25) is 9.78 Å². The molecule has 0 saturated heterocycles. The van der Waals surface area contributed by atoms with Crippen molar-refractivity contribution in [3.05, 3.63) is 24.0 Å². The number of hydrogen-bond acceptors (Lipinski definition) is 3. The van der Waals surface area contributed by atoms with Crippen LogP contribution in [0.1, 0.15) is 31.4 Å². The molecule has 108 valence electrons. The second kappa shape index (κ2) is 6.36. The first-order chi connectivity index (χ1) is 9.54. The highest BCUT2D eigenvalue weighted by Gasteiger charge is 2.27. The molecule has 6 heteroatoms. The number of hydrogen-bond donors (Lipinski definition) is 3. The summed E-state index contributed by atoms with van der Waals surface area (Å²) in [5, 5.41) is 14.5. The molecule has 20 heavy (non-hydrogen) atoms. The number of nitrogens with zero attached hydrogens (tertiary/aromatic N) is 1. The highest BCUT2D eigenvalue weighted by atomic mass is 16.4. The number of nitrogens with one attached hydrogen (secondary N) is 2. The molecule has 1 aliphatic rings. The average Bonchev–Trinajstić information content (AvgIpc) is 2.41.